The largest absolute Gasteiger partial charge is 0.397 e. The van der Waals surface area contributed by atoms with Crippen LogP contribution in [0.1, 0.15) is 72.1 Å². The molecule has 1 spiro atoms. The summed E-state index contributed by atoms with van der Waals surface area (Å²) in [6, 6.07) is 0. The van der Waals surface area contributed by atoms with Crippen LogP contribution in [0.5, 0.6) is 0 Å². The van der Waals surface area contributed by atoms with Crippen molar-refractivity contribution in [3.8, 4) is 0 Å². The molecule has 0 heterocycles. The topological polar surface area (TPSA) is 60.7 Å². The van der Waals surface area contributed by atoms with E-state index in [0.717, 1.165) is 19.3 Å². The fourth-order valence-electron chi connectivity index (χ4n) is 7.58. The Hall–Kier alpha value is -0.380. The maximum absolute atomic E-state index is 11.2. The standard InChI is InChI=1S/C20H32O2.C2H6O/c1-13-10-20-11-14(13)5-6-15(20)19(3)8-4-7-18(2,12-21)16(19)9-17(20)22;1-2-3/h14-17,21-22H,1,4-12H2,2-3H3;3H,2H2,1H3/t14-,15+,16-,17+,18-,19+,20+;/m1./s1. The first kappa shape index (κ1) is 19.4. The highest BCUT2D eigenvalue weighted by molar-refractivity contribution is 5.24. The zero-order valence-electron chi connectivity index (χ0n) is 16.4. The van der Waals surface area contributed by atoms with Crippen molar-refractivity contribution in [1.82, 2.24) is 0 Å². The fourth-order valence-corrected chi connectivity index (χ4v) is 7.58. The number of rotatable bonds is 1. The molecule has 0 amide bonds. The first-order valence-corrected chi connectivity index (χ1v) is 10.3. The Kier molecular flexibility index (Phi) is 5.16. The highest BCUT2D eigenvalue weighted by atomic mass is 16.3. The number of fused-ring (bicyclic) bond motifs is 3. The average molecular weight is 351 g/mol. The van der Waals surface area contributed by atoms with Crippen molar-refractivity contribution >= 4 is 0 Å². The third kappa shape index (κ3) is 2.73. The van der Waals surface area contributed by atoms with Crippen LogP contribution in [0, 0.1) is 34.0 Å². The summed E-state index contributed by atoms with van der Waals surface area (Å²) in [6.45, 7) is 11.3. The molecule has 3 nitrogen and oxygen atoms in total. The Bertz CT molecular complexity index is 517. The fraction of sp³-hybridized carbons (Fsp3) is 0.909. The summed E-state index contributed by atoms with van der Waals surface area (Å²) in [5.41, 5.74) is 1.82. The first-order valence-electron chi connectivity index (χ1n) is 10.3. The molecular formula is C22H38O3. The average Bonchev–Trinajstić information content (AvgIpc) is 2.82. The zero-order chi connectivity index (χ0) is 18.5. The predicted octanol–water partition coefficient (Wildman–Crippen LogP) is 3.92. The van der Waals surface area contributed by atoms with E-state index < -0.39 is 0 Å². The Morgan fingerprint density at radius 2 is 1.80 bits per heavy atom. The third-order valence-electron chi connectivity index (χ3n) is 8.64. The van der Waals surface area contributed by atoms with Gasteiger partial charge in [0, 0.05) is 18.6 Å². The number of aliphatic hydroxyl groups is 3. The van der Waals surface area contributed by atoms with Gasteiger partial charge in [-0.25, -0.2) is 0 Å². The molecule has 0 unspecified atom stereocenters. The van der Waals surface area contributed by atoms with Gasteiger partial charge in [-0.05, 0) is 80.5 Å². The maximum atomic E-state index is 11.2. The molecule has 0 aromatic heterocycles. The minimum Gasteiger partial charge on any atom is -0.397 e. The molecule has 4 rings (SSSR count). The summed E-state index contributed by atoms with van der Waals surface area (Å²) in [5.74, 6) is 1.75. The summed E-state index contributed by atoms with van der Waals surface area (Å²) in [5, 5.41) is 28.8. The minimum absolute atomic E-state index is 0.00204. The monoisotopic (exact) mass is 350 g/mol. The molecule has 3 N–H and O–H groups in total. The van der Waals surface area contributed by atoms with E-state index in [0.29, 0.717) is 23.2 Å². The molecule has 4 fully saturated rings. The van der Waals surface area contributed by atoms with E-state index >= 15 is 0 Å². The van der Waals surface area contributed by atoms with Gasteiger partial charge in [0.2, 0.25) is 0 Å². The predicted molar refractivity (Wildman–Crippen MR) is 101 cm³/mol. The second-order valence-electron chi connectivity index (χ2n) is 9.89. The lowest BCUT2D eigenvalue weighted by Crippen LogP contribution is -2.62. The first-order chi connectivity index (χ1) is 11.8. The number of aliphatic hydroxyl groups excluding tert-OH is 3. The van der Waals surface area contributed by atoms with Crippen LogP contribution in [0.4, 0.5) is 0 Å². The van der Waals surface area contributed by atoms with Crippen molar-refractivity contribution in [2.45, 2.75) is 78.2 Å². The second kappa shape index (κ2) is 6.65. The molecule has 0 aliphatic heterocycles. The van der Waals surface area contributed by atoms with E-state index in [9.17, 15) is 10.2 Å². The van der Waals surface area contributed by atoms with Gasteiger partial charge in [-0.2, -0.15) is 0 Å². The molecule has 3 heteroatoms. The molecule has 0 radical (unpaired) electrons. The summed E-state index contributed by atoms with van der Waals surface area (Å²) >= 11 is 0. The number of hydrogen-bond acceptors (Lipinski definition) is 3. The number of hydrogen-bond donors (Lipinski definition) is 3. The van der Waals surface area contributed by atoms with Gasteiger partial charge in [-0.1, -0.05) is 32.4 Å². The van der Waals surface area contributed by atoms with Crippen molar-refractivity contribution in [3.63, 3.8) is 0 Å². The van der Waals surface area contributed by atoms with Gasteiger partial charge in [-0.15, -0.1) is 0 Å². The summed E-state index contributed by atoms with van der Waals surface area (Å²) < 4.78 is 0. The minimum atomic E-state index is -0.193. The Morgan fingerprint density at radius 3 is 2.44 bits per heavy atom. The van der Waals surface area contributed by atoms with Crippen molar-refractivity contribution < 1.29 is 15.3 Å². The van der Waals surface area contributed by atoms with Gasteiger partial charge in [0.25, 0.3) is 0 Å². The van der Waals surface area contributed by atoms with Gasteiger partial charge in [0.05, 0.1) is 6.10 Å². The lowest BCUT2D eigenvalue weighted by atomic mass is 9.40. The molecule has 0 aromatic rings. The van der Waals surface area contributed by atoms with Gasteiger partial charge < -0.3 is 15.3 Å². The Labute approximate surface area is 153 Å². The quantitative estimate of drug-likeness (QED) is 0.628. The molecule has 4 saturated carbocycles. The summed E-state index contributed by atoms with van der Waals surface area (Å²) in [4.78, 5) is 0. The number of allylic oxidation sites excluding steroid dienone is 1. The molecular weight excluding hydrogens is 312 g/mol. The SMILES string of the molecule is C=C1C[C@]23C[C@H]1CC[C@H]2[C@]1(C)CCC[C@](C)(CO)[C@H]1C[C@@H]3O.CCO. The van der Waals surface area contributed by atoms with Gasteiger partial charge in [0.1, 0.15) is 0 Å². The molecule has 7 atom stereocenters. The van der Waals surface area contributed by atoms with Crippen LogP contribution in [0.2, 0.25) is 0 Å². The Morgan fingerprint density at radius 1 is 1.12 bits per heavy atom. The van der Waals surface area contributed by atoms with Crippen LogP contribution >= 0.6 is 0 Å². The Balaban J connectivity index is 0.000000569. The van der Waals surface area contributed by atoms with E-state index in [2.05, 4.69) is 20.4 Å². The normalized spacial score (nSPS) is 51.2. The lowest BCUT2D eigenvalue weighted by Gasteiger charge is -2.65. The van der Waals surface area contributed by atoms with Crippen molar-refractivity contribution in [3.05, 3.63) is 12.2 Å². The second-order valence-corrected chi connectivity index (χ2v) is 9.89. The van der Waals surface area contributed by atoms with Crippen LogP contribution in [-0.4, -0.2) is 34.6 Å². The van der Waals surface area contributed by atoms with Crippen molar-refractivity contribution in [1.29, 1.82) is 0 Å². The zero-order valence-corrected chi connectivity index (χ0v) is 16.4. The van der Waals surface area contributed by atoms with E-state index in [1.54, 1.807) is 6.92 Å². The molecule has 0 saturated heterocycles. The van der Waals surface area contributed by atoms with Crippen LogP contribution in [0.3, 0.4) is 0 Å². The van der Waals surface area contributed by atoms with Crippen LogP contribution < -0.4 is 0 Å². The van der Waals surface area contributed by atoms with Crippen molar-refractivity contribution in [2.75, 3.05) is 13.2 Å². The lowest BCUT2D eigenvalue weighted by molar-refractivity contribution is -0.205. The molecule has 0 aromatic carbocycles. The van der Waals surface area contributed by atoms with Gasteiger partial charge in [-0.3, -0.25) is 0 Å². The van der Waals surface area contributed by atoms with E-state index in [1.165, 1.54) is 37.7 Å². The van der Waals surface area contributed by atoms with Crippen molar-refractivity contribution in [2.24, 2.45) is 34.0 Å². The summed E-state index contributed by atoms with van der Waals surface area (Å²) in [6.07, 6.45) is 9.10. The van der Waals surface area contributed by atoms with E-state index in [-0.39, 0.29) is 30.1 Å². The molecule has 25 heavy (non-hydrogen) atoms. The molecule has 4 aliphatic carbocycles. The van der Waals surface area contributed by atoms with Gasteiger partial charge in [0.15, 0.2) is 0 Å². The van der Waals surface area contributed by atoms with Crippen LogP contribution in [0.25, 0.3) is 0 Å². The summed E-state index contributed by atoms with van der Waals surface area (Å²) in [7, 11) is 0. The van der Waals surface area contributed by atoms with E-state index in [4.69, 9.17) is 5.11 Å². The molecule has 144 valence electrons. The third-order valence-corrected chi connectivity index (χ3v) is 8.64. The molecule has 4 aliphatic rings. The maximum Gasteiger partial charge on any atom is 0.0605 e. The highest BCUT2D eigenvalue weighted by Crippen LogP contribution is 2.71. The van der Waals surface area contributed by atoms with Crippen LogP contribution in [0.15, 0.2) is 12.2 Å². The highest BCUT2D eigenvalue weighted by Gasteiger charge is 2.66. The smallest absolute Gasteiger partial charge is 0.0605 e. The molecule has 2 bridgehead atoms. The van der Waals surface area contributed by atoms with Gasteiger partial charge >= 0.3 is 0 Å². The van der Waals surface area contributed by atoms with E-state index in [1.807, 2.05) is 0 Å². The van der Waals surface area contributed by atoms with Crippen LogP contribution in [-0.2, 0) is 0 Å².